The molecule has 1 atom stereocenters. The summed E-state index contributed by atoms with van der Waals surface area (Å²) in [6.45, 7) is 3.91. The van der Waals surface area contributed by atoms with Gasteiger partial charge in [-0.1, -0.05) is 0 Å². The van der Waals surface area contributed by atoms with Gasteiger partial charge in [-0.3, -0.25) is 0 Å². The normalized spacial score (nSPS) is 25.6. The first-order chi connectivity index (χ1) is 8.41. The Kier molecular flexibility index (Phi) is 4.31. The maximum Gasteiger partial charge on any atom is 0.281 e. The third-order valence-corrected chi connectivity index (χ3v) is 6.13. The second-order valence-electron chi connectivity index (χ2n) is 5.83. The average Bonchev–Trinajstić information content (AvgIpc) is 3.13. The second-order valence-corrected chi connectivity index (χ2v) is 7.86. The SMILES string of the molecule is CC(N)C1CCN(S(=O)(=O)N(C)CC2CC2)CC1. The Hall–Kier alpha value is -0.170. The zero-order chi connectivity index (χ0) is 13.3. The predicted octanol–water partition coefficient (Wildman–Crippen LogP) is 0.632. The Labute approximate surface area is 110 Å². The summed E-state index contributed by atoms with van der Waals surface area (Å²) in [6, 6.07) is 0.166. The van der Waals surface area contributed by atoms with E-state index in [1.165, 1.54) is 17.1 Å². The topological polar surface area (TPSA) is 66.6 Å². The third-order valence-electron chi connectivity index (χ3n) is 4.17. The van der Waals surface area contributed by atoms with Gasteiger partial charge in [-0.2, -0.15) is 17.0 Å². The van der Waals surface area contributed by atoms with E-state index in [-0.39, 0.29) is 6.04 Å². The minimum Gasteiger partial charge on any atom is -0.328 e. The molecule has 0 radical (unpaired) electrons. The largest absolute Gasteiger partial charge is 0.328 e. The van der Waals surface area contributed by atoms with Gasteiger partial charge in [0.15, 0.2) is 0 Å². The summed E-state index contributed by atoms with van der Waals surface area (Å²) in [4.78, 5) is 0. The third kappa shape index (κ3) is 3.23. The summed E-state index contributed by atoms with van der Waals surface area (Å²) in [5.41, 5.74) is 5.88. The Bertz CT molecular complexity index is 371. The number of rotatable bonds is 5. The molecule has 6 heteroatoms. The molecule has 5 nitrogen and oxygen atoms in total. The monoisotopic (exact) mass is 275 g/mol. The molecule has 0 spiro atoms. The molecule has 106 valence electrons. The van der Waals surface area contributed by atoms with Gasteiger partial charge in [0.1, 0.15) is 0 Å². The van der Waals surface area contributed by atoms with Crippen LogP contribution < -0.4 is 5.73 Å². The van der Waals surface area contributed by atoms with Crippen LogP contribution in [-0.4, -0.2) is 49.8 Å². The van der Waals surface area contributed by atoms with Crippen LogP contribution in [0.1, 0.15) is 32.6 Å². The lowest BCUT2D eigenvalue weighted by Crippen LogP contribution is -2.48. The molecule has 1 unspecified atom stereocenters. The number of piperidine rings is 1. The minimum absolute atomic E-state index is 0.166. The highest BCUT2D eigenvalue weighted by Gasteiger charge is 2.34. The van der Waals surface area contributed by atoms with Crippen LogP contribution in [0, 0.1) is 11.8 Å². The van der Waals surface area contributed by atoms with Crippen molar-refractivity contribution in [3.8, 4) is 0 Å². The van der Waals surface area contributed by atoms with Crippen LogP contribution >= 0.6 is 0 Å². The van der Waals surface area contributed by atoms with E-state index in [1.807, 2.05) is 6.92 Å². The van der Waals surface area contributed by atoms with Crippen LogP contribution in [0.2, 0.25) is 0 Å². The molecule has 2 aliphatic rings. The Balaban J connectivity index is 1.90. The smallest absolute Gasteiger partial charge is 0.281 e. The number of nitrogens with zero attached hydrogens (tertiary/aromatic N) is 2. The molecule has 0 amide bonds. The van der Waals surface area contributed by atoms with Gasteiger partial charge in [-0.05, 0) is 44.4 Å². The van der Waals surface area contributed by atoms with Gasteiger partial charge in [-0.25, -0.2) is 0 Å². The van der Waals surface area contributed by atoms with Crippen molar-refractivity contribution in [2.75, 3.05) is 26.7 Å². The summed E-state index contributed by atoms with van der Waals surface area (Å²) in [5, 5.41) is 0. The molecule has 1 aliphatic heterocycles. The van der Waals surface area contributed by atoms with Gasteiger partial charge in [0.2, 0.25) is 0 Å². The Morgan fingerprint density at radius 2 is 1.83 bits per heavy atom. The number of hydrogen-bond acceptors (Lipinski definition) is 3. The van der Waals surface area contributed by atoms with Gasteiger partial charge in [0, 0.05) is 32.7 Å². The molecule has 1 saturated heterocycles. The van der Waals surface area contributed by atoms with Crippen LogP contribution in [0.4, 0.5) is 0 Å². The maximum absolute atomic E-state index is 12.3. The zero-order valence-electron chi connectivity index (χ0n) is 11.4. The fourth-order valence-electron chi connectivity index (χ4n) is 2.59. The first-order valence-electron chi connectivity index (χ1n) is 6.88. The van der Waals surface area contributed by atoms with E-state index >= 15 is 0 Å². The van der Waals surface area contributed by atoms with Crippen molar-refractivity contribution in [2.45, 2.75) is 38.6 Å². The van der Waals surface area contributed by atoms with Crippen LogP contribution in [0.5, 0.6) is 0 Å². The van der Waals surface area contributed by atoms with Crippen LogP contribution in [-0.2, 0) is 10.2 Å². The summed E-state index contributed by atoms with van der Waals surface area (Å²) in [5.74, 6) is 1.05. The molecule has 0 aromatic heterocycles. The van der Waals surface area contributed by atoms with Crippen molar-refractivity contribution in [2.24, 2.45) is 17.6 Å². The highest BCUT2D eigenvalue weighted by molar-refractivity contribution is 7.86. The molecular formula is C12H25N3O2S. The molecule has 2 rings (SSSR count). The quantitative estimate of drug-likeness (QED) is 0.800. The molecule has 2 fully saturated rings. The lowest BCUT2D eigenvalue weighted by Gasteiger charge is -2.35. The first kappa shape index (κ1) is 14.2. The second kappa shape index (κ2) is 5.45. The van der Waals surface area contributed by atoms with Crippen molar-refractivity contribution >= 4 is 10.2 Å². The minimum atomic E-state index is -3.24. The number of nitrogens with two attached hydrogens (primary N) is 1. The lowest BCUT2D eigenvalue weighted by molar-refractivity contribution is 0.238. The Morgan fingerprint density at radius 3 is 2.28 bits per heavy atom. The highest BCUT2D eigenvalue weighted by Crippen LogP contribution is 2.31. The van der Waals surface area contributed by atoms with Gasteiger partial charge in [0.25, 0.3) is 10.2 Å². The van der Waals surface area contributed by atoms with Gasteiger partial charge >= 0.3 is 0 Å². The van der Waals surface area contributed by atoms with E-state index in [2.05, 4.69) is 0 Å². The molecular weight excluding hydrogens is 250 g/mol. The zero-order valence-corrected chi connectivity index (χ0v) is 12.2. The van der Waals surface area contributed by atoms with Gasteiger partial charge in [-0.15, -0.1) is 0 Å². The van der Waals surface area contributed by atoms with Crippen molar-refractivity contribution in [3.63, 3.8) is 0 Å². The first-order valence-corrected chi connectivity index (χ1v) is 8.28. The number of hydrogen-bond donors (Lipinski definition) is 1. The lowest BCUT2D eigenvalue weighted by atomic mass is 9.92. The van der Waals surface area contributed by atoms with E-state index in [1.54, 1.807) is 11.4 Å². The summed E-state index contributed by atoms with van der Waals surface area (Å²) in [6.07, 6.45) is 4.11. The molecule has 18 heavy (non-hydrogen) atoms. The van der Waals surface area contributed by atoms with Crippen LogP contribution in [0.15, 0.2) is 0 Å². The molecule has 0 aromatic carbocycles. The molecule has 1 heterocycles. The molecule has 1 saturated carbocycles. The highest BCUT2D eigenvalue weighted by atomic mass is 32.2. The van der Waals surface area contributed by atoms with E-state index in [9.17, 15) is 8.42 Å². The van der Waals surface area contributed by atoms with Crippen LogP contribution in [0.3, 0.4) is 0 Å². The summed E-state index contributed by atoms with van der Waals surface area (Å²) in [7, 11) is -1.54. The average molecular weight is 275 g/mol. The molecule has 0 aromatic rings. The standard InChI is InChI=1S/C12H25N3O2S/c1-10(13)12-5-7-15(8-6-12)18(16,17)14(2)9-11-3-4-11/h10-12H,3-9,13H2,1-2H3. The van der Waals surface area contributed by atoms with Gasteiger partial charge < -0.3 is 5.73 Å². The predicted molar refractivity (Wildman–Crippen MR) is 72.2 cm³/mol. The van der Waals surface area contributed by atoms with E-state index < -0.39 is 10.2 Å². The fourth-order valence-corrected chi connectivity index (χ4v) is 4.05. The molecule has 0 bridgehead atoms. The van der Waals surface area contributed by atoms with E-state index in [0.717, 1.165) is 12.8 Å². The van der Waals surface area contributed by atoms with Crippen molar-refractivity contribution in [3.05, 3.63) is 0 Å². The van der Waals surface area contributed by atoms with Crippen molar-refractivity contribution < 1.29 is 8.42 Å². The molecule has 1 aliphatic carbocycles. The van der Waals surface area contributed by atoms with Crippen LogP contribution in [0.25, 0.3) is 0 Å². The Morgan fingerprint density at radius 1 is 1.28 bits per heavy atom. The molecule has 2 N–H and O–H groups in total. The fraction of sp³-hybridized carbons (Fsp3) is 1.00. The van der Waals surface area contributed by atoms with Crippen molar-refractivity contribution in [1.82, 2.24) is 8.61 Å². The van der Waals surface area contributed by atoms with Gasteiger partial charge in [0.05, 0.1) is 0 Å². The maximum atomic E-state index is 12.3. The summed E-state index contributed by atoms with van der Waals surface area (Å²) < 4.78 is 27.8. The van der Waals surface area contributed by atoms with E-state index in [0.29, 0.717) is 31.5 Å². The summed E-state index contributed by atoms with van der Waals surface area (Å²) >= 11 is 0. The van der Waals surface area contributed by atoms with Crippen molar-refractivity contribution in [1.29, 1.82) is 0 Å². The van der Waals surface area contributed by atoms with E-state index in [4.69, 9.17) is 5.73 Å².